The van der Waals surface area contributed by atoms with E-state index in [0.717, 1.165) is 25.7 Å². The summed E-state index contributed by atoms with van der Waals surface area (Å²) in [5.41, 5.74) is 6.14. The van der Waals surface area contributed by atoms with Crippen molar-refractivity contribution in [1.29, 1.82) is 0 Å². The highest BCUT2D eigenvalue weighted by Crippen LogP contribution is 2.16. The van der Waals surface area contributed by atoms with Gasteiger partial charge in [-0.3, -0.25) is 0 Å². The molecule has 0 saturated carbocycles. The Morgan fingerprint density at radius 1 is 0.460 bits per heavy atom. The van der Waals surface area contributed by atoms with Gasteiger partial charge in [0, 0.05) is 13.2 Å². The third-order valence-electron chi connectivity index (χ3n) is 9.99. The average molecular weight is 712 g/mol. The number of hydrogen-bond acceptors (Lipinski definition) is 5. The van der Waals surface area contributed by atoms with Gasteiger partial charge in [-0.05, 0) is 26.7 Å². The van der Waals surface area contributed by atoms with E-state index in [1.165, 1.54) is 180 Å². The molecule has 7 heteroatoms. The number of hydrogen-bond donors (Lipinski definition) is 4. The fraction of sp³-hybridized carbons (Fsp3) is 0.977. The quantitative estimate of drug-likeness (QED) is 0.0218. The van der Waals surface area contributed by atoms with Gasteiger partial charge >= 0.3 is 0 Å². The van der Waals surface area contributed by atoms with Crippen LogP contribution in [-0.2, 0) is 9.47 Å². The Labute approximate surface area is 312 Å². The van der Waals surface area contributed by atoms with E-state index in [1.807, 2.05) is 0 Å². The van der Waals surface area contributed by atoms with Crippen LogP contribution in [-0.4, -0.2) is 54.1 Å². The van der Waals surface area contributed by atoms with Crippen molar-refractivity contribution >= 4 is 5.96 Å². The Kier molecular flexibility index (Phi) is 38.6. The van der Waals surface area contributed by atoms with E-state index < -0.39 is 24.7 Å². The van der Waals surface area contributed by atoms with Crippen molar-refractivity contribution in [2.24, 2.45) is 10.7 Å². The lowest BCUT2D eigenvalue weighted by Crippen LogP contribution is -2.48. The van der Waals surface area contributed by atoms with E-state index in [4.69, 9.17) is 15.2 Å². The summed E-state index contributed by atoms with van der Waals surface area (Å²) < 4.78 is 11.8. The highest BCUT2D eigenvalue weighted by atomic mass is 16.5. The fourth-order valence-electron chi connectivity index (χ4n) is 6.62. The summed E-state index contributed by atoms with van der Waals surface area (Å²) in [6, 6.07) is 0. The van der Waals surface area contributed by atoms with Crippen molar-refractivity contribution in [3.8, 4) is 0 Å². The number of guanidine groups is 1. The van der Waals surface area contributed by atoms with Crippen molar-refractivity contribution in [2.75, 3.05) is 13.2 Å². The number of rotatable bonds is 40. The van der Waals surface area contributed by atoms with Gasteiger partial charge < -0.3 is 30.7 Å². The lowest BCUT2D eigenvalue weighted by Gasteiger charge is -2.24. The number of nitrogens with zero attached hydrogens (tertiary/aromatic N) is 1. The zero-order valence-electron chi connectivity index (χ0n) is 34.1. The molecule has 0 fully saturated rings. The van der Waals surface area contributed by atoms with Gasteiger partial charge in [-0.2, -0.15) is 0 Å². The molecule has 0 radical (unpaired) electrons. The van der Waals surface area contributed by atoms with Crippen LogP contribution in [0.4, 0.5) is 0 Å². The van der Waals surface area contributed by atoms with Crippen LogP contribution in [0.1, 0.15) is 233 Å². The van der Waals surface area contributed by atoms with Crippen molar-refractivity contribution in [3.63, 3.8) is 0 Å². The second-order valence-corrected chi connectivity index (χ2v) is 15.3. The first-order chi connectivity index (χ1) is 24.4. The maximum Gasteiger partial charge on any atom is 0.193 e. The number of nitrogens with one attached hydrogen (secondary N) is 1. The molecule has 0 bridgehead atoms. The molecule has 0 amide bonds. The van der Waals surface area contributed by atoms with Crippen LogP contribution in [0.25, 0.3) is 0 Å². The number of aliphatic hydroxyl groups is 2. The van der Waals surface area contributed by atoms with Crippen molar-refractivity contribution in [2.45, 2.75) is 258 Å². The molecule has 0 aromatic rings. The first-order valence-electron chi connectivity index (χ1n) is 22.1. The molecule has 5 N–H and O–H groups in total. The second-order valence-electron chi connectivity index (χ2n) is 15.3. The van der Waals surface area contributed by atoms with E-state index in [9.17, 15) is 10.2 Å². The van der Waals surface area contributed by atoms with Gasteiger partial charge in [-0.25, -0.2) is 4.99 Å². The lowest BCUT2D eigenvalue weighted by molar-refractivity contribution is -0.0410. The Morgan fingerprint density at radius 2 is 0.740 bits per heavy atom. The number of aliphatic imine (C=N–C) groups is 1. The summed E-state index contributed by atoms with van der Waals surface area (Å²) in [5, 5.41) is 23.4. The van der Waals surface area contributed by atoms with Crippen LogP contribution in [0.2, 0.25) is 0 Å². The van der Waals surface area contributed by atoms with Gasteiger partial charge in [0.05, 0.1) is 12.2 Å². The van der Waals surface area contributed by atoms with E-state index in [-0.39, 0.29) is 5.96 Å². The zero-order chi connectivity index (χ0) is 36.8. The van der Waals surface area contributed by atoms with E-state index >= 15 is 0 Å². The van der Waals surface area contributed by atoms with Gasteiger partial charge in [0.2, 0.25) is 0 Å². The number of nitrogens with two attached hydrogens (primary N) is 1. The molecule has 4 atom stereocenters. The molecule has 0 aliphatic rings. The zero-order valence-corrected chi connectivity index (χ0v) is 34.1. The molecule has 0 rings (SSSR count). The largest absolute Gasteiger partial charge is 0.389 e. The normalized spacial score (nSPS) is 14.6. The summed E-state index contributed by atoms with van der Waals surface area (Å²) >= 11 is 0. The highest BCUT2D eigenvalue weighted by molar-refractivity contribution is 5.78. The lowest BCUT2D eigenvalue weighted by atomic mass is 10.0. The number of ether oxygens (including phenoxy) is 2. The van der Waals surface area contributed by atoms with Crippen LogP contribution in [0.3, 0.4) is 0 Å². The summed E-state index contributed by atoms with van der Waals surface area (Å²) in [4.78, 5) is 4.36. The van der Waals surface area contributed by atoms with E-state index in [2.05, 4.69) is 24.2 Å². The SMILES string of the molecule is CCCCCCCCCCCCCCCCCCOC(/N=C(\N)NC(OCCCCCCCCCCCCCCCCCC)C(C)O)C(C)O. The molecule has 50 heavy (non-hydrogen) atoms. The van der Waals surface area contributed by atoms with Crippen molar-refractivity contribution in [3.05, 3.63) is 0 Å². The fourth-order valence-corrected chi connectivity index (χ4v) is 6.62. The van der Waals surface area contributed by atoms with Crippen LogP contribution in [0.5, 0.6) is 0 Å². The molecule has 7 nitrogen and oxygen atoms in total. The Morgan fingerprint density at radius 3 is 1.02 bits per heavy atom. The van der Waals surface area contributed by atoms with Gasteiger partial charge in [0.15, 0.2) is 18.4 Å². The summed E-state index contributed by atoms with van der Waals surface area (Å²) in [7, 11) is 0. The predicted molar refractivity (Wildman–Crippen MR) is 217 cm³/mol. The summed E-state index contributed by atoms with van der Waals surface area (Å²) in [6.45, 7) is 9.01. The molecule has 0 heterocycles. The third-order valence-corrected chi connectivity index (χ3v) is 9.99. The predicted octanol–water partition coefficient (Wildman–Crippen LogP) is 11.9. The van der Waals surface area contributed by atoms with Crippen molar-refractivity contribution < 1.29 is 19.7 Å². The number of aliphatic hydroxyl groups excluding tert-OH is 2. The average Bonchev–Trinajstić information content (AvgIpc) is 3.09. The second kappa shape index (κ2) is 39.3. The Bertz CT molecular complexity index is 691. The highest BCUT2D eigenvalue weighted by Gasteiger charge is 2.19. The van der Waals surface area contributed by atoms with E-state index in [0.29, 0.717) is 13.2 Å². The van der Waals surface area contributed by atoms with Crippen LogP contribution in [0, 0.1) is 0 Å². The van der Waals surface area contributed by atoms with E-state index in [1.54, 1.807) is 13.8 Å². The smallest absolute Gasteiger partial charge is 0.193 e. The summed E-state index contributed by atoms with van der Waals surface area (Å²) in [6.07, 6.45) is 39.7. The Hall–Kier alpha value is -0.890. The van der Waals surface area contributed by atoms with Crippen LogP contribution >= 0.6 is 0 Å². The first kappa shape index (κ1) is 49.1. The molecule has 0 aromatic carbocycles. The molecule has 0 aliphatic carbocycles. The maximum atomic E-state index is 10.2. The summed E-state index contributed by atoms with van der Waals surface area (Å²) in [5.74, 6) is 0.112. The molecule has 0 spiro atoms. The van der Waals surface area contributed by atoms with Crippen molar-refractivity contribution in [1.82, 2.24) is 5.32 Å². The van der Waals surface area contributed by atoms with Crippen LogP contribution in [0.15, 0.2) is 4.99 Å². The molecular weight excluding hydrogens is 622 g/mol. The monoisotopic (exact) mass is 712 g/mol. The third kappa shape index (κ3) is 35.5. The minimum Gasteiger partial charge on any atom is -0.389 e. The molecule has 0 saturated heterocycles. The molecule has 0 aliphatic heterocycles. The minimum atomic E-state index is -0.785. The maximum absolute atomic E-state index is 10.2. The molecule has 300 valence electrons. The van der Waals surface area contributed by atoms with Gasteiger partial charge in [-0.1, -0.05) is 206 Å². The molecule has 0 aromatic heterocycles. The standard InChI is InChI=1S/C43H89N3O4/c1-5-7-9-11-13-15-17-19-21-23-25-27-29-31-33-35-37-49-41(39(3)47)45-43(44)46-42(40(4)48)50-38-36-34-32-30-28-26-24-22-20-18-16-14-12-10-8-6-2/h39-42,47-48H,5-38H2,1-4H3,(H3,44,45,46). The molecular formula is C43H89N3O4. The van der Waals surface area contributed by atoms with Gasteiger partial charge in [-0.15, -0.1) is 0 Å². The topological polar surface area (TPSA) is 109 Å². The molecule has 4 unspecified atom stereocenters. The minimum absolute atomic E-state index is 0.112. The van der Waals surface area contributed by atoms with Crippen LogP contribution < -0.4 is 11.1 Å². The Balaban J connectivity index is 3.86. The first-order valence-corrected chi connectivity index (χ1v) is 22.1. The van der Waals surface area contributed by atoms with Gasteiger partial charge in [0.1, 0.15) is 0 Å². The number of unbranched alkanes of at least 4 members (excludes halogenated alkanes) is 30. The van der Waals surface area contributed by atoms with Gasteiger partial charge in [0.25, 0.3) is 0 Å².